The third-order valence-electron chi connectivity index (χ3n) is 3.68. The van der Waals surface area contributed by atoms with Crippen molar-refractivity contribution in [3.63, 3.8) is 0 Å². The van der Waals surface area contributed by atoms with E-state index in [4.69, 9.17) is 15.4 Å². The molecule has 0 spiro atoms. The second-order valence-corrected chi connectivity index (χ2v) is 7.83. The van der Waals surface area contributed by atoms with Gasteiger partial charge in [0.25, 0.3) is 0 Å². The minimum atomic E-state index is -1.57. The van der Waals surface area contributed by atoms with Crippen LogP contribution in [0.2, 0.25) is 0 Å². The van der Waals surface area contributed by atoms with Crippen LogP contribution in [0.4, 0.5) is 10.1 Å². The number of nitrogens with one attached hydrogen (secondary N) is 1. The zero-order valence-corrected chi connectivity index (χ0v) is 17.4. The van der Waals surface area contributed by atoms with Gasteiger partial charge in [0.1, 0.15) is 22.4 Å². The van der Waals surface area contributed by atoms with Gasteiger partial charge in [-0.15, -0.1) is 0 Å². The summed E-state index contributed by atoms with van der Waals surface area (Å²) >= 11 is 0. The van der Waals surface area contributed by atoms with Crippen molar-refractivity contribution in [3.05, 3.63) is 95.8 Å². The van der Waals surface area contributed by atoms with Crippen molar-refractivity contribution >= 4 is 32.3 Å². The van der Waals surface area contributed by atoms with Crippen LogP contribution >= 0.6 is 10.7 Å². The summed E-state index contributed by atoms with van der Waals surface area (Å²) in [6.07, 6.45) is 0. The molecule has 7 heteroatoms. The molecule has 152 valence electrons. The molecule has 0 saturated carbocycles. The molecular formula is C22H21ClFNO3S. The Kier molecular flexibility index (Phi) is 9.50. The number of ether oxygens (including phenoxy) is 1. The number of benzene rings is 3. The van der Waals surface area contributed by atoms with E-state index >= 15 is 0 Å². The summed E-state index contributed by atoms with van der Waals surface area (Å²) in [5.41, 5.74) is 2.66. The van der Waals surface area contributed by atoms with Crippen LogP contribution in [0.1, 0.15) is 11.1 Å². The van der Waals surface area contributed by atoms with Gasteiger partial charge in [0.2, 0.25) is 5.91 Å². The number of halogens is 2. The van der Waals surface area contributed by atoms with Crippen molar-refractivity contribution in [3.8, 4) is 0 Å². The number of amides is 1. The van der Waals surface area contributed by atoms with E-state index in [9.17, 15) is 13.4 Å². The van der Waals surface area contributed by atoms with Crippen LogP contribution in [0.5, 0.6) is 0 Å². The van der Waals surface area contributed by atoms with E-state index < -0.39 is 10.0 Å². The maximum absolute atomic E-state index is 12.7. The topological polar surface area (TPSA) is 55.4 Å². The standard InChI is InChI=1S/C15H13ClFNO3S.C7H8/c16-22(20)14-7-5-13(6-8-14)18-15(19)10-21-9-11-1-3-12(17)4-2-11;1-7-5-3-2-4-6-7/h1-8H,9-10H2,(H,18,19);2-6H,1H3. The number of hydrogen-bond acceptors (Lipinski definition) is 3. The van der Waals surface area contributed by atoms with Gasteiger partial charge in [0.05, 0.1) is 11.5 Å². The van der Waals surface area contributed by atoms with Crippen LogP contribution in [0.15, 0.2) is 83.8 Å². The summed E-state index contributed by atoms with van der Waals surface area (Å²) in [5, 5.41) is 2.64. The Hall–Kier alpha value is -2.54. The molecule has 0 saturated heterocycles. The number of hydrogen-bond donors (Lipinski definition) is 1. The molecule has 1 N–H and O–H groups in total. The van der Waals surface area contributed by atoms with Crippen molar-refractivity contribution in [1.29, 1.82) is 0 Å². The van der Waals surface area contributed by atoms with E-state index in [0.29, 0.717) is 10.6 Å². The van der Waals surface area contributed by atoms with Gasteiger partial charge in [-0.25, -0.2) is 8.60 Å². The quantitative estimate of drug-likeness (QED) is 0.541. The van der Waals surface area contributed by atoms with Crippen molar-refractivity contribution in [2.24, 2.45) is 0 Å². The molecule has 0 aliphatic carbocycles. The fourth-order valence-electron chi connectivity index (χ4n) is 2.22. The van der Waals surface area contributed by atoms with E-state index in [1.54, 1.807) is 36.4 Å². The molecular weight excluding hydrogens is 413 g/mol. The van der Waals surface area contributed by atoms with Crippen molar-refractivity contribution < 1.29 is 18.1 Å². The molecule has 0 aliphatic heterocycles. The maximum atomic E-state index is 12.7. The van der Waals surface area contributed by atoms with E-state index in [2.05, 4.69) is 24.4 Å². The molecule has 3 aromatic carbocycles. The lowest BCUT2D eigenvalue weighted by Gasteiger charge is -2.07. The van der Waals surface area contributed by atoms with E-state index in [0.717, 1.165) is 5.56 Å². The van der Waals surface area contributed by atoms with Gasteiger partial charge in [-0.3, -0.25) is 4.79 Å². The fourth-order valence-corrected chi connectivity index (χ4v) is 2.88. The molecule has 1 amide bonds. The van der Waals surface area contributed by atoms with Crippen LogP contribution in [0.25, 0.3) is 0 Å². The molecule has 0 aromatic heterocycles. The molecule has 3 rings (SSSR count). The minimum Gasteiger partial charge on any atom is -0.367 e. The van der Waals surface area contributed by atoms with Gasteiger partial charge >= 0.3 is 0 Å². The fraction of sp³-hybridized carbons (Fsp3) is 0.136. The maximum Gasteiger partial charge on any atom is 0.250 e. The summed E-state index contributed by atoms with van der Waals surface area (Å²) < 4.78 is 29.0. The van der Waals surface area contributed by atoms with Crippen LogP contribution in [-0.2, 0) is 26.2 Å². The monoisotopic (exact) mass is 433 g/mol. The van der Waals surface area contributed by atoms with E-state index in [-0.39, 0.29) is 24.9 Å². The molecule has 1 atom stereocenters. The second-order valence-electron chi connectivity index (χ2n) is 6.07. The van der Waals surface area contributed by atoms with Gasteiger partial charge < -0.3 is 10.1 Å². The molecule has 3 aromatic rings. The molecule has 1 unspecified atom stereocenters. The molecule has 4 nitrogen and oxygen atoms in total. The first-order valence-corrected chi connectivity index (χ1v) is 10.7. The summed E-state index contributed by atoms with van der Waals surface area (Å²) in [7, 11) is 3.87. The number of anilines is 1. The minimum absolute atomic E-state index is 0.124. The summed E-state index contributed by atoms with van der Waals surface area (Å²) in [6.45, 7) is 2.18. The lowest BCUT2D eigenvalue weighted by atomic mass is 10.2. The third kappa shape index (κ3) is 9.00. The number of rotatable bonds is 6. The van der Waals surface area contributed by atoms with Crippen LogP contribution in [-0.4, -0.2) is 16.7 Å². The van der Waals surface area contributed by atoms with Crippen LogP contribution < -0.4 is 5.32 Å². The molecule has 29 heavy (non-hydrogen) atoms. The van der Waals surface area contributed by atoms with E-state index in [1.165, 1.54) is 17.7 Å². The third-order valence-corrected chi connectivity index (χ3v) is 4.86. The zero-order chi connectivity index (χ0) is 21.1. The van der Waals surface area contributed by atoms with Gasteiger partial charge in [-0.05, 0) is 59.6 Å². The van der Waals surface area contributed by atoms with E-state index in [1.807, 2.05) is 18.2 Å². The Morgan fingerprint density at radius 3 is 2.14 bits per heavy atom. The largest absolute Gasteiger partial charge is 0.367 e. The summed E-state index contributed by atoms with van der Waals surface area (Å²) in [5.74, 6) is -0.635. The van der Waals surface area contributed by atoms with Gasteiger partial charge in [0, 0.05) is 5.69 Å². The normalized spacial score (nSPS) is 11.1. The lowest BCUT2D eigenvalue weighted by Crippen LogP contribution is -2.18. The molecule has 0 radical (unpaired) electrons. The Morgan fingerprint density at radius 1 is 1.00 bits per heavy atom. The average Bonchev–Trinajstić information content (AvgIpc) is 2.71. The smallest absolute Gasteiger partial charge is 0.250 e. The molecule has 0 fully saturated rings. The van der Waals surface area contributed by atoms with Gasteiger partial charge in [0.15, 0.2) is 0 Å². The Balaban J connectivity index is 0.000000360. The predicted octanol–water partition coefficient (Wildman–Crippen LogP) is 5.24. The molecule has 0 heterocycles. The molecule has 0 aliphatic rings. The highest BCUT2D eigenvalue weighted by molar-refractivity contribution is 8.08. The highest BCUT2D eigenvalue weighted by Crippen LogP contribution is 2.14. The second kappa shape index (κ2) is 12.1. The highest BCUT2D eigenvalue weighted by atomic mass is 35.7. The highest BCUT2D eigenvalue weighted by Gasteiger charge is 2.04. The predicted molar refractivity (Wildman–Crippen MR) is 115 cm³/mol. The SMILES string of the molecule is Cc1ccccc1.O=C(COCc1ccc(F)cc1)Nc1ccc(S(=O)Cl)cc1. The van der Waals surface area contributed by atoms with Crippen molar-refractivity contribution in [2.45, 2.75) is 18.4 Å². The van der Waals surface area contributed by atoms with Crippen LogP contribution in [0.3, 0.4) is 0 Å². The Labute approximate surface area is 176 Å². The van der Waals surface area contributed by atoms with Crippen molar-refractivity contribution in [2.75, 3.05) is 11.9 Å². The Morgan fingerprint density at radius 2 is 1.62 bits per heavy atom. The van der Waals surface area contributed by atoms with Crippen molar-refractivity contribution in [1.82, 2.24) is 0 Å². The lowest BCUT2D eigenvalue weighted by molar-refractivity contribution is -0.121. The first-order valence-electron chi connectivity index (χ1n) is 8.76. The van der Waals surface area contributed by atoms with Gasteiger partial charge in [-0.2, -0.15) is 0 Å². The van der Waals surface area contributed by atoms with Gasteiger partial charge in [-0.1, -0.05) is 48.0 Å². The number of carbonyl (C=O) groups excluding carboxylic acids is 1. The zero-order valence-electron chi connectivity index (χ0n) is 15.8. The first kappa shape index (κ1) is 22.7. The number of carbonyl (C=O) groups is 1. The summed E-state index contributed by atoms with van der Waals surface area (Å²) in [6, 6.07) is 22.5. The molecule has 0 bridgehead atoms. The first-order chi connectivity index (χ1) is 13.9. The average molecular weight is 434 g/mol. The summed E-state index contributed by atoms with van der Waals surface area (Å²) in [4.78, 5) is 12.2. The van der Waals surface area contributed by atoms with Crippen LogP contribution in [0, 0.1) is 12.7 Å². The Bertz CT molecular complexity index is 919. The number of aryl methyl sites for hydroxylation is 1.